The summed E-state index contributed by atoms with van der Waals surface area (Å²) in [7, 11) is 0. The molecule has 2 aliphatic heterocycles. The van der Waals surface area contributed by atoms with Crippen LogP contribution in [0.5, 0.6) is 11.5 Å². The summed E-state index contributed by atoms with van der Waals surface area (Å²) in [4.78, 5) is 11.4. The molecule has 33 heavy (non-hydrogen) atoms. The van der Waals surface area contributed by atoms with Gasteiger partial charge in [-0.25, -0.2) is 14.4 Å². The summed E-state index contributed by atoms with van der Waals surface area (Å²) in [5.74, 6) is 3.32. The fourth-order valence-corrected chi connectivity index (χ4v) is 5.61. The van der Waals surface area contributed by atoms with Crippen LogP contribution in [0.2, 0.25) is 5.02 Å². The zero-order valence-corrected chi connectivity index (χ0v) is 18.8. The molecular formula is C25H24ClFN4O2. The van der Waals surface area contributed by atoms with E-state index in [2.05, 4.69) is 32.3 Å². The highest BCUT2D eigenvalue weighted by atomic mass is 35.5. The maximum Gasteiger partial charge on any atom is 0.231 e. The standard InChI is InChI=1S/C25H24ClFN4O2/c26-22-3-2-19(27)8-21(22)18-9-28-25(29-10-18)30-20-6-16-12-31(13-17(16)7-20)11-15-1-4-23-24(5-15)33-14-32-23/h1-5,8-10,16-17,20H,6-7,11-14H2,(H,28,29,30)/t16-,17+,20+. The van der Waals surface area contributed by atoms with Crippen molar-refractivity contribution in [2.75, 3.05) is 25.2 Å². The summed E-state index contributed by atoms with van der Waals surface area (Å²) in [5.41, 5.74) is 2.56. The smallest absolute Gasteiger partial charge is 0.231 e. The SMILES string of the molecule is Fc1ccc(Cl)c(-c2cnc(N[C@H]3C[C@@H]4CN(Cc5ccc6c(c5)OCO6)C[C@@H]4C3)nc2)c1. The van der Waals surface area contributed by atoms with E-state index in [4.69, 9.17) is 21.1 Å². The number of fused-ring (bicyclic) bond motifs is 2. The summed E-state index contributed by atoms with van der Waals surface area (Å²) < 4.78 is 24.5. The minimum atomic E-state index is -0.332. The molecule has 1 aromatic heterocycles. The molecule has 6 nitrogen and oxygen atoms in total. The fourth-order valence-electron chi connectivity index (χ4n) is 5.38. The number of hydrogen-bond donors (Lipinski definition) is 1. The Morgan fingerprint density at radius 1 is 1.00 bits per heavy atom. The summed E-state index contributed by atoms with van der Waals surface area (Å²) >= 11 is 6.20. The predicted molar refractivity (Wildman–Crippen MR) is 124 cm³/mol. The highest BCUT2D eigenvalue weighted by molar-refractivity contribution is 6.33. The highest BCUT2D eigenvalue weighted by Gasteiger charge is 2.41. The lowest BCUT2D eigenvalue weighted by atomic mass is 10.0. The minimum absolute atomic E-state index is 0.312. The van der Waals surface area contributed by atoms with E-state index in [0.29, 0.717) is 46.8 Å². The zero-order chi connectivity index (χ0) is 22.4. The molecule has 170 valence electrons. The Kier molecular flexibility index (Phi) is 5.31. The second kappa shape index (κ2) is 8.47. The van der Waals surface area contributed by atoms with Crippen molar-refractivity contribution in [1.29, 1.82) is 0 Å². The number of hydrogen-bond acceptors (Lipinski definition) is 6. The van der Waals surface area contributed by atoms with Crippen LogP contribution in [-0.4, -0.2) is 40.8 Å². The molecule has 3 aromatic rings. The Labute approximate surface area is 196 Å². The van der Waals surface area contributed by atoms with Crippen LogP contribution in [0.1, 0.15) is 18.4 Å². The number of benzene rings is 2. The van der Waals surface area contributed by atoms with E-state index in [9.17, 15) is 4.39 Å². The van der Waals surface area contributed by atoms with Gasteiger partial charge in [0.15, 0.2) is 11.5 Å². The van der Waals surface area contributed by atoms with Gasteiger partial charge in [0.05, 0.1) is 0 Å². The molecule has 0 bridgehead atoms. The normalized spacial score (nSPS) is 23.6. The zero-order valence-electron chi connectivity index (χ0n) is 18.0. The molecule has 3 heterocycles. The van der Waals surface area contributed by atoms with Crippen molar-refractivity contribution in [2.45, 2.75) is 25.4 Å². The van der Waals surface area contributed by atoms with Crippen molar-refractivity contribution in [3.8, 4) is 22.6 Å². The van der Waals surface area contributed by atoms with Crippen LogP contribution in [0, 0.1) is 17.7 Å². The fraction of sp³-hybridized carbons (Fsp3) is 0.360. The number of ether oxygens (including phenoxy) is 2. The van der Waals surface area contributed by atoms with Crippen LogP contribution in [0.25, 0.3) is 11.1 Å². The topological polar surface area (TPSA) is 59.5 Å². The molecule has 6 rings (SSSR count). The van der Waals surface area contributed by atoms with Crippen LogP contribution in [0.15, 0.2) is 48.8 Å². The predicted octanol–water partition coefficient (Wildman–Crippen LogP) is 4.99. The van der Waals surface area contributed by atoms with Crippen LogP contribution >= 0.6 is 11.6 Å². The van der Waals surface area contributed by atoms with E-state index in [0.717, 1.165) is 44.0 Å². The molecule has 2 aromatic carbocycles. The van der Waals surface area contributed by atoms with E-state index < -0.39 is 0 Å². The van der Waals surface area contributed by atoms with E-state index in [-0.39, 0.29) is 5.82 Å². The third kappa shape index (κ3) is 4.23. The quantitative estimate of drug-likeness (QED) is 0.571. The number of likely N-dealkylation sites (tertiary alicyclic amines) is 1. The Morgan fingerprint density at radius 3 is 2.55 bits per heavy atom. The monoisotopic (exact) mass is 466 g/mol. The number of halogens is 2. The van der Waals surface area contributed by atoms with Crippen molar-refractivity contribution < 1.29 is 13.9 Å². The van der Waals surface area contributed by atoms with Crippen molar-refractivity contribution in [3.05, 3.63) is 65.2 Å². The first-order chi connectivity index (χ1) is 16.1. The van der Waals surface area contributed by atoms with Crippen molar-refractivity contribution >= 4 is 17.5 Å². The van der Waals surface area contributed by atoms with E-state index in [1.165, 1.54) is 17.7 Å². The molecule has 1 saturated heterocycles. The van der Waals surface area contributed by atoms with Crippen molar-refractivity contribution in [1.82, 2.24) is 14.9 Å². The van der Waals surface area contributed by atoms with Gasteiger partial charge in [0.2, 0.25) is 12.7 Å². The number of anilines is 1. The van der Waals surface area contributed by atoms with Gasteiger partial charge >= 0.3 is 0 Å². The van der Waals surface area contributed by atoms with Crippen molar-refractivity contribution in [2.24, 2.45) is 11.8 Å². The second-order valence-electron chi connectivity index (χ2n) is 9.13. The van der Waals surface area contributed by atoms with E-state index >= 15 is 0 Å². The number of rotatable bonds is 5. The Bertz CT molecular complexity index is 1160. The lowest BCUT2D eigenvalue weighted by Gasteiger charge is -2.20. The maximum atomic E-state index is 13.6. The molecule has 2 fully saturated rings. The van der Waals surface area contributed by atoms with Gasteiger partial charge in [-0.3, -0.25) is 4.90 Å². The molecule has 1 aliphatic carbocycles. The number of nitrogens with zero attached hydrogens (tertiary/aromatic N) is 3. The van der Waals surface area contributed by atoms with Gasteiger partial charge in [-0.1, -0.05) is 17.7 Å². The Balaban J connectivity index is 1.04. The third-order valence-corrected chi connectivity index (χ3v) is 7.22. The maximum absolute atomic E-state index is 13.6. The summed E-state index contributed by atoms with van der Waals surface area (Å²) in [6.07, 6.45) is 5.62. The molecule has 0 spiro atoms. The minimum Gasteiger partial charge on any atom is -0.454 e. The highest BCUT2D eigenvalue weighted by Crippen LogP contribution is 2.40. The number of nitrogens with one attached hydrogen (secondary N) is 1. The molecule has 1 saturated carbocycles. The molecular weight excluding hydrogens is 443 g/mol. The van der Waals surface area contributed by atoms with Gasteiger partial charge in [0.25, 0.3) is 0 Å². The molecule has 0 unspecified atom stereocenters. The average Bonchev–Trinajstić information content (AvgIpc) is 3.51. The first-order valence-corrected chi connectivity index (χ1v) is 11.6. The molecule has 3 aliphatic rings. The number of aromatic nitrogens is 2. The summed E-state index contributed by atoms with van der Waals surface area (Å²) in [5, 5.41) is 3.97. The van der Waals surface area contributed by atoms with E-state index in [1.807, 2.05) is 6.07 Å². The Hall–Kier alpha value is -2.90. The molecule has 0 radical (unpaired) electrons. The Morgan fingerprint density at radius 2 is 1.76 bits per heavy atom. The van der Waals surface area contributed by atoms with Crippen LogP contribution in [0.4, 0.5) is 10.3 Å². The van der Waals surface area contributed by atoms with Gasteiger partial charge in [-0.2, -0.15) is 0 Å². The molecule has 0 amide bonds. The van der Waals surface area contributed by atoms with Gasteiger partial charge in [-0.15, -0.1) is 0 Å². The van der Waals surface area contributed by atoms with Gasteiger partial charge in [0.1, 0.15) is 5.82 Å². The third-order valence-electron chi connectivity index (χ3n) is 6.89. The van der Waals surface area contributed by atoms with Crippen LogP contribution < -0.4 is 14.8 Å². The average molecular weight is 467 g/mol. The molecule has 3 atom stereocenters. The lowest BCUT2D eigenvalue weighted by Crippen LogP contribution is -2.25. The lowest BCUT2D eigenvalue weighted by molar-refractivity contribution is 0.174. The van der Waals surface area contributed by atoms with Gasteiger partial charge < -0.3 is 14.8 Å². The van der Waals surface area contributed by atoms with Gasteiger partial charge in [-0.05, 0) is 60.6 Å². The largest absolute Gasteiger partial charge is 0.454 e. The first-order valence-electron chi connectivity index (χ1n) is 11.3. The summed E-state index contributed by atoms with van der Waals surface area (Å²) in [6, 6.07) is 10.9. The summed E-state index contributed by atoms with van der Waals surface area (Å²) in [6.45, 7) is 3.46. The van der Waals surface area contributed by atoms with Crippen LogP contribution in [0.3, 0.4) is 0 Å². The van der Waals surface area contributed by atoms with Crippen molar-refractivity contribution in [3.63, 3.8) is 0 Å². The van der Waals surface area contributed by atoms with Crippen LogP contribution in [-0.2, 0) is 6.54 Å². The molecule has 8 heteroatoms. The second-order valence-corrected chi connectivity index (χ2v) is 9.54. The van der Waals surface area contributed by atoms with Gasteiger partial charge in [0, 0.05) is 54.2 Å². The molecule has 1 N–H and O–H groups in total. The first kappa shape index (κ1) is 20.7. The van der Waals surface area contributed by atoms with E-state index in [1.54, 1.807) is 18.5 Å².